The predicted molar refractivity (Wildman–Crippen MR) is 93.9 cm³/mol. The molecule has 0 saturated heterocycles. The van der Waals surface area contributed by atoms with E-state index in [1.807, 2.05) is 74.4 Å². The molecule has 0 aromatic heterocycles. The summed E-state index contributed by atoms with van der Waals surface area (Å²) in [7, 11) is 3.95. The van der Waals surface area contributed by atoms with Crippen LogP contribution in [0, 0.1) is 6.92 Å². The number of benzene rings is 2. The minimum Gasteiger partial charge on any atom is -0.394 e. The van der Waals surface area contributed by atoms with Gasteiger partial charge in [0.05, 0.1) is 12.6 Å². The Morgan fingerprint density at radius 3 is 2.43 bits per heavy atom. The highest BCUT2D eigenvalue weighted by Crippen LogP contribution is 2.21. The second-order valence-corrected chi connectivity index (χ2v) is 5.64. The van der Waals surface area contributed by atoms with Gasteiger partial charge in [-0.2, -0.15) is 0 Å². The summed E-state index contributed by atoms with van der Waals surface area (Å²) in [6, 6.07) is 14.5. The predicted octanol–water partition coefficient (Wildman–Crippen LogP) is 2.92. The quantitative estimate of drug-likeness (QED) is 0.795. The highest BCUT2D eigenvalue weighted by molar-refractivity contribution is 5.90. The third kappa shape index (κ3) is 4.47. The summed E-state index contributed by atoms with van der Waals surface area (Å²) >= 11 is 0. The van der Waals surface area contributed by atoms with Crippen LogP contribution in [0.4, 0.5) is 16.2 Å². The standard InChI is InChI=1S/C18H23N3O2/c1-13-11-15(21(2)3)9-10-16(13)19-18(23)20-17(12-22)14-7-5-4-6-8-14/h4-11,17,22H,12H2,1-3H3,(H2,19,20,23). The molecule has 5 nitrogen and oxygen atoms in total. The van der Waals surface area contributed by atoms with E-state index >= 15 is 0 Å². The van der Waals surface area contributed by atoms with E-state index in [0.29, 0.717) is 0 Å². The minimum absolute atomic E-state index is 0.157. The summed E-state index contributed by atoms with van der Waals surface area (Å²) in [5, 5.41) is 15.1. The summed E-state index contributed by atoms with van der Waals surface area (Å²) in [5.41, 5.74) is 3.67. The van der Waals surface area contributed by atoms with E-state index in [-0.39, 0.29) is 12.6 Å². The number of aliphatic hydroxyl groups is 1. The molecule has 5 heteroatoms. The van der Waals surface area contributed by atoms with Gasteiger partial charge in [0.25, 0.3) is 0 Å². The number of nitrogens with one attached hydrogen (secondary N) is 2. The Morgan fingerprint density at radius 1 is 1.17 bits per heavy atom. The van der Waals surface area contributed by atoms with E-state index in [1.54, 1.807) is 0 Å². The number of urea groups is 1. The van der Waals surface area contributed by atoms with E-state index in [1.165, 1.54) is 0 Å². The summed E-state index contributed by atoms with van der Waals surface area (Å²) in [5.74, 6) is 0. The molecule has 122 valence electrons. The van der Waals surface area contributed by atoms with Gasteiger partial charge < -0.3 is 20.6 Å². The van der Waals surface area contributed by atoms with Crippen LogP contribution in [0.25, 0.3) is 0 Å². The lowest BCUT2D eigenvalue weighted by Crippen LogP contribution is -2.34. The van der Waals surface area contributed by atoms with Crippen molar-refractivity contribution in [2.75, 3.05) is 30.9 Å². The summed E-state index contributed by atoms with van der Waals surface area (Å²) < 4.78 is 0. The zero-order valence-corrected chi connectivity index (χ0v) is 13.7. The third-order valence-corrected chi connectivity index (χ3v) is 3.66. The molecular weight excluding hydrogens is 290 g/mol. The molecule has 0 aliphatic heterocycles. The molecule has 0 radical (unpaired) electrons. The number of hydrogen-bond donors (Lipinski definition) is 3. The van der Waals surface area contributed by atoms with Crippen molar-refractivity contribution in [1.29, 1.82) is 0 Å². The van der Waals surface area contributed by atoms with E-state index in [0.717, 1.165) is 22.5 Å². The average molecular weight is 313 g/mol. The molecule has 23 heavy (non-hydrogen) atoms. The number of carbonyl (C=O) groups excluding carboxylic acids is 1. The molecule has 2 aromatic carbocycles. The van der Waals surface area contributed by atoms with Gasteiger partial charge >= 0.3 is 6.03 Å². The van der Waals surface area contributed by atoms with Crippen molar-refractivity contribution in [3.05, 3.63) is 59.7 Å². The number of rotatable bonds is 5. The number of carbonyl (C=O) groups is 1. The van der Waals surface area contributed by atoms with Crippen LogP contribution in [0.1, 0.15) is 17.2 Å². The molecule has 3 N–H and O–H groups in total. The molecule has 0 spiro atoms. The van der Waals surface area contributed by atoms with E-state index < -0.39 is 6.04 Å². The first-order chi connectivity index (χ1) is 11.0. The molecule has 0 saturated carbocycles. The fourth-order valence-electron chi connectivity index (χ4n) is 2.30. The van der Waals surface area contributed by atoms with Crippen molar-refractivity contribution in [2.24, 2.45) is 0 Å². The van der Waals surface area contributed by atoms with Crippen LogP contribution in [-0.2, 0) is 0 Å². The van der Waals surface area contributed by atoms with Gasteiger partial charge in [-0.15, -0.1) is 0 Å². The minimum atomic E-state index is -0.433. The Morgan fingerprint density at radius 2 is 1.87 bits per heavy atom. The second kappa shape index (κ2) is 7.65. The first kappa shape index (κ1) is 16.8. The molecule has 1 atom stereocenters. The number of aliphatic hydroxyl groups excluding tert-OH is 1. The monoisotopic (exact) mass is 313 g/mol. The van der Waals surface area contributed by atoms with E-state index in [2.05, 4.69) is 10.6 Å². The molecule has 0 heterocycles. The van der Waals surface area contributed by atoms with Gasteiger partial charge in [0.2, 0.25) is 0 Å². The summed E-state index contributed by atoms with van der Waals surface area (Å²) in [6.07, 6.45) is 0. The molecule has 0 bridgehead atoms. The van der Waals surface area contributed by atoms with Crippen LogP contribution in [0.2, 0.25) is 0 Å². The molecule has 2 amide bonds. The van der Waals surface area contributed by atoms with Crippen molar-refractivity contribution >= 4 is 17.4 Å². The maximum absolute atomic E-state index is 12.2. The third-order valence-electron chi connectivity index (χ3n) is 3.66. The van der Waals surface area contributed by atoms with Crippen LogP contribution in [-0.4, -0.2) is 31.8 Å². The maximum Gasteiger partial charge on any atom is 0.319 e. The highest BCUT2D eigenvalue weighted by atomic mass is 16.3. The topological polar surface area (TPSA) is 64.6 Å². The van der Waals surface area contributed by atoms with Crippen LogP contribution in [0.15, 0.2) is 48.5 Å². The fourth-order valence-corrected chi connectivity index (χ4v) is 2.30. The Kier molecular flexibility index (Phi) is 5.60. The van der Waals surface area contributed by atoms with E-state index in [4.69, 9.17) is 0 Å². The molecule has 2 aromatic rings. The van der Waals surface area contributed by atoms with Crippen molar-refractivity contribution in [2.45, 2.75) is 13.0 Å². The zero-order chi connectivity index (χ0) is 16.8. The van der Waals surface area contributed by atoms with Crippen LogP contribution in [0.3, 0.4) is 0 Å². The lowest BCUT2D eigenvalue weighted by Gasteiger charge is -2.19. The van der Waals surface area contributed by atoms with Gasteiger partial charge in [-0.3, -0.25) is 0 Å². The Balaban J connectivity index is 2.04. The van der Waals surface area contributed by atoms with Gasteiger partial charge in [0.15, 0.2) is 0 Å². The number of nitrogens with zero attached hydrogens (tertiary/aromatic N) is 1. The Hall–Kier alpha value is -2.53. The Bertz CT molecular complexity index is 657. The summed E-state index contributed by atoms with van der Waals surface area (Å²) in [4.78, 5) is 14.2. The molecule has 2 rings (SSSR count). The molecule has 0 aliphatic carbocycles. The lowest BCUT2D eigenvalue weighted by molar-refractivity contribution is 0.225. The van der Waals surface area contributed by atoms with Crippen molar-refractivity contribution in [3.63, 3.8) is 0 Å². The van der Waals surface area contributed by atoms with Gasteiger partial charge in [-0.05, 0) is 36.2 Å². The molecule has 0 aliphatic rings. The van der Waals surface area contributed by atoms with Crippen LogP contribution in [0.5, 0.6) is 0 Å². The zero-order valence-electron chi connectivity index (χ0n) is 13.7. The maximum atomic E-state index is 12.2. The van der Waals surface area contributed by atoms with E-state index in [9.17, 15) is 9.90 Å². The number of anilines is 2. The molecule has 1 unspecified atom stereocenters. The second-order valence-electron chi connectivity index (χ2n) is 5.64. The first-order valence-corrected chi connectivity index (χ1v) is 7.52. The first-order valence-electron chi connectivity index (χ1n) is 7.52. The SMILES string of the molecule is Cc1cc(N(C)C)ccc1NC(=O)NC(CO)c1ccccc1. The lowest BCUT2D eigenvalue weighted by atomic mass is 10.1. The number of amides is 2. The van der Waals surface area contributed by atoms with Gasteiger partial charge in [0.1, 0.15) is 0 Å². The largest absolute Gasteiger partial charge is 0.394 e. The van der Waals surface area contributed by atoms with Gasteiger partial charge in [0, 0.05) is 25.5 Å². The number of hydrogen-bond acceptors (Lipinski definition) is 3. The summed E-state index contributed by atoms with van der Waals surface area (Å²) in [6.45, 7) is 1.79. The molecule has 0 fully saturated rings. The fraction of sp³-hybridized carbons (Fsp3) is 0.278. The van der Waals surface area contributed by atoms with Crippen LogP contribution >= 0.6 is 0 Å². The smallest absolute Gasteiger partial charge is 0.319 e. The van der Waals surface area contributed by atoms with Crippen molar-refractivity contribution in [1.82, 2.24) is 5.32 Å². The van der Waals surface area contributed by atoms with Crippen molar-refractivity contribution in [3.8, 4) is 0 Å². The van der Waals surface area contributed by atoms with Gasteiger partial charge in [-0.25, -0.2) is 4.79 Å². The number of aryl methyl sites for hydroxylation is 1. The Labute approximate surface area is 136 Å². The molecular formula is C18H23N3O2. The highest BCUT2D eigenvalue weighted by Gasteiger charge is 2.14. The van der Waals surface area contributed by atoms with Crippen molar-refractivity contribution < 1.29 is 9.90 Å². The average Bonchev–Trinajstić information content (AvgIpc) is 2.55. The van der Waals surface area contributed by atoms with Gasteiger partial charge in [-0.1, -0.05) is 30.3 Å². The van der Waals surface area contributed by atoms with Crippen LogP contribution < -0.4 is 15.5 Å². The normalized spacial score (nSPS) is 11.7.